The minimum absolute atomic E-state index is 0. The molecule has 2 heterocycles. The Kier molecular flexibility index (Phi) is 4.99. The number of likely N-dealkylation sites (tertiary alicyclic amines) is 1. The molecule has 2 aliphatic rings. The molecule has 6 heteroatoms. The van der Waals surface area contributed by atoms with E-state index in [1.165, 1.54) is 18.4 Å². The van der Waals surface area contributed by atoms with Gasteiger partial charge in [0, 0.05) is 24.9 Å². The first kappa shape index (κ1) is 16.4. The summed E-state index contributed by atoms with van der Waals surface area (Å²) in [7, 11) is 0. The van der Waals surface area contributed by atoms with Crippen LogP contribution in [0.4, 0.5) is 0 Å². The Balaban J connectivity index is 0.00000156. The predicted molar refractivity (Wildman–Crippen MR) is 90.5 cm³/mol. The maximum Gasteiger partial charge on any atom is 0.229 e. The summed E-state index contributed by atoms with van der Waals surface area (Å²) in [6.07, 6.45) is 2.38. The number of nitrogens with zero attached hydrogens (tertiary/aromatic N) is 3. The van der Waals surface area contributed by atoms with Gasteiger partial charge < -0.3 is 10.3 Å². The molecular formula is C17H23ClN4O. The molecule has 2 fully saturated rings. The zero-order valence-corrected chi connectivity index (χ0v) is 13.9. The van der Waals surface area contributed by atoms with Crippen molar-refractivity contribution in [3.05, 3.63) is 47.6 Å². The second-order valence-corrected chi connectivity index (χ2v) is 6.53. The lowest BCUT2D eigenvalue weighted by molar-refractivity contribution is 0.298. The van der Waals surface area contributed by atoms with Gasteiger partial charge in [-0.2, -0.15) is 4.98 Å². The number of hydrogen-bond acceptors (Lipinski definition) is 5. The molecule has 1 aromatic carbocycles. The number of benzene rings is 1. The molecule has 4 rings (SSSR count). The van der Waals surface area contributed by atoms with Crippen LogP contribution >= 0.6 is 12.4 Å². The Hall–Kier alpha value is -1.43. The fraction of sp³-hybridized carbons (Fsp3) is 0.529. The van der Waals surface area contributed by atoms with Gasteiger partial charge in [0.05, 0.1) is 6.54 Å². The fourth-order valence-electron chi connectivity index (χ4n) is 3.43. The van der Waals surface area contributed by atoms with Crippen LogP contribution in [0.3, 0.4) is 0 Å². The summed E-state index contributed by atoms with van der Waals surface area (Å²) < 4.78 is 5.35. The highest BCUT2D eigenvalue weighted by molar-refractivity contribution is 5.85. The summed E-state index contributed by atoms with van der Waals surface area (Å²) in [6, 6.07) is 10.7. The minimum Gasteiger partial charge on any atom is -0.339 e. The standard InChI is InChI=1S/C17H22N4O.ClH/c18-8-14-9-21(10-15(14)12-4-2-1-3-5-12)11-16-19-17(22-20-16)13-6-7-13;/h1-5,13-15H,6-11,18H2;1H/t14-,15+;/m1./s1. The lowest BCUT2D eigenvalue weighted by atomic mass is 9.89. The molecule has 1 aliphatic heterocycles. The maximum atomic E-state index is 5.99. The van der Waals surface area contributed by atoms with E-state index in [1.54, 1.807) is 0 Å². The first-order valence-corrected chi connectivity index (χ1v) is 8.13. The Labute approximate surface area is 142 Å². The van der Waals surface area contributed by atoms with E-state index in [2.05, 4.69) is 45.4 Å². The van der Waals surface area contributed by atoms with Crippen molar-refractivity contribution in [1.82, 2.24) is 15.0 Å². The summed E-state index contributed by atoms with van der Waals surface area (Å²) in [6.45, 7) is 3.49. The first-order valence-electron chi connectivity index (χ1n) is 8.13. The van der Waals surface area contributed by atoms with Crippen LogP contribution in [-0.4, -0.2) is 34.7 Å². The Bertz CT molecular complexity index is 629. The molecule has 0 spiro atoms. The van der Waals surface area contributed by atoms with Gasteiger partial charge in [-0.05, 0) is 30.9 Å². The topological polar surface area (TPSA) is 68.2 Å². The number of nitrogens with two attached hydrogens (primary N) is 1. The quantitative estimate of drug-likeness (QED) is 0.910. The second kappa shape index (κ2) is 6.99. The van der Waals surface area contributed by atoms with Crippen molar-refractivity contribution in [3.8, 4) is 0 Å². The molecule has 0 radical (unpaired) electrons. The fourth-order valence-corrected chi connectivity index (χ4v) is 3.43. The highest BCUT2D eigenvalue weighted by Gasteiger charge is 2.34. The molecule has 2 aromatic rings. The lowest BCUT2D eigenvalue weighted by Gasteiger charge is -2.16. The molecule has 2 N–H and O–H groups in total. The summed E-state index contributed by atoms with van der Waals surface area (Å²) in [4.78, 5) is 6.93. The number of rotatable bonds is 5. The molecular weight excluding hydrogens is 312 g/mol. The Morgan fingerprint density at radius 2 is 1.96 bits per heavy atom. The molecule has 1 aliphatic carbocycles. The van der Waals surface area contributed by atoms with Crippen LogP contribution in [0.5, 0.6) is 0 Å². The van der Waals surface area contributed by atoms with Crippen molar-refractivity contribution in [1.29, 1.82) is 0 Å². The van der Waals surface area contributed by atoms with E-state index in [0.717, 1.165) is 37.9 Å². The minimum atomic E-state index is 0. The average Bonchev–Trinajstić information content (AvgIpc) is 3.17. The summed E-state index contributed by atoms with van der Waals surface area (Å²) in [5.41, 5.74) is 7.37. The van der Waals surface area contributed by atoms with Gasteiger partial charge in [0.25, 0.3) is 0 Å². The van der Waals surface area contributed by atoms with Gasteiger partial charge in [0.1, 0.15) is 0 Å². The van der Waals surface area contributed by atoms with E-state index in [1.807, 2.05) is 0 Å². The van der Waals surface area contributed by atoms with Crippen LogP contribution in [0.25, 0.3) is 0 Å². The Morgan fingerprint density at radius 1 is 1.17 bits per heavy atom. The zero-order chi connectivity index (χ0) is 14.9. The second-order valence-electron chi connectivity index (χ2n) is 6.53. The van der Waals surface area contributed by atoms with Gasteiger partial charge in [0.15, 0.2) is 5.82 Å². The molecule has 23 heavy (non-hydrogen) atoms. The van der Waals surface area contributed by atoms with Gasteiger partial charge in [-0.25, -0.2) is 0 Å². The van der Waals surface area contributed by atoms with Gasteiger partial charge in [0.2, 0.25) is 5.89 Å². The highest BCUT2D eigenvalue weighted by Crippen LogP contribution is 2.39. The lowest BCUT2D eigenvalue weighted by Crippen LogP contribution is -2.23. The summed E-state index contributed by atoms with van der Waals surface area (Å²) in [5.74, 6) is 3.16. The molecule has 1 saturated carbocycles. The van der Waals surface area contributed by atoms with Crippen molar-refractivity contribution < 1.29 is 4.52 Å². The van der Waals surface area contributed by atoms with E-state index >= 15 is 0 Å². The van der Waals surface area contributed by atoms with Crippen LogP contribution in [0.1, 0.15) is 42.0 Å². The number of aromatic nitrogens is 2. The molecule has 2 atom stereocenters. The van der Waals surface area contributed by atoms with Gasteiger partial charge >= 0.3 is 0 Å². The van der Waals surface area contributed by atoms with Crippen molar-refractivity contribution >= 4 is 12.4 Å². The van der Waals surface area contributed by atoms with Crippen LogP contribution in [-0.2, 0) is 6.54 Å². The van der Waals surface area contributed by atoms with Gasteiger partial charge in [-0.1, -0.05) is 35.5 Å². The molecule has 0 unspecified atom stereocenters. The van der Waals surface area contributed by atoms with Crippen LogP contribution in [0.15, 0.2) is 34.9 Å². The largest absolute Gasteiger partial charge is 0.339 e. The molecule has 124 valence electrons. The smallest absolute Gasteiger partial charge is 0.229 e. The van der Waals surface area contributed by atoms with Crippen LogP contribution in [0, 0.1) is 5.92 Å². The third-order valence-electron chi connectivity index (χ3n) is 4.82. The van der Waals surface area contributed by atoms with Crippen LogP contribution in [0.2, 0.25) is 0 Å². The van der Waals surface area contributed by atoms with Crippen molar-refractivity contribution in [2.75, 3.05) is 19.6 Å². The van der Waals surface area contributed by atoms with Gasteiger partial charge in [-0.3, -0.25) is 4.90 Å². The van der Waals surface area contributed by atoms with E-state index in [-0.39, 0.29) is 12.4 Å². The van der Waals surface area contributed by atoms with Crippen LogP contribution < -0.4 is 5.73 Å². The molecule has 5 nitrogen and oxygen atoms in total. The third kappa shape index (κ3) is 3.57. The monoisotopic (exact) mass is 334 g/mol. The predicted octanol–water partition coefficient (Wildman–Crippen LogP) is 2.54. The molecule has 1 saturated heterocycles. The zero-order valence-electron chi connectivity index (χ0n) is 13.1. The molecule has 1 aromatic heterocycles. The van der Waals surface area contributed by atoms with E-state index < -0.39 is 0 Å². The Morgan fingerprint density at radius 3 is 2.65 bits per heavy atom. The molecule has 0 bridgehead atoms. The van der Waals surface area contributed by atoms with Crippen molar-refractivity contribution in [3.63, 3.8) is 0 Å². The first-order chi connectivity index (χ1) is 10.8. The maximum absolute atomic E-state index is 5.99. The normalized spacial score (nSPS) is 24.6. The summed E-state index contributed by atoms with van der Waals surface area (Å²) >= 11 is 0. The van der Waals surface area contributed by atoms with Crippen molar-refractivity contribution in [2.45, 2.75) is 31.2 Å². The van der Waals surface area contributed by atoms with E-state index in [9.17, 15) is 0 Å². The summed E-state index contributed by atoms with van der Waals surface area (Å²) in [5, 5.41) is 4.13. The van der Waals surface area contributed by atoms with E-state index in [0.29, 0.717) is 17.8 Å². The number of halogens is 1. The van der Waals surface area contributed by atoms with E-state index in [4.69, 9.17) is 10.3 Å². The van der Waals surface area contributed by atoms with Gasteiger partial charge in [-0.15, -0.1) is 12.4 Å². The SMILES string of the molecule is Cl.NC[C@@H]1CN(Cc2noc(C3CC3)n2)C[C@H]1c1ccccc1. The third-order valence-corrected chi connectivity index (χ3v) is 4.82. The highest BCUT2D eigenvalue weighted by atomic mass is 35.5. The average molecular weight is 335 g/mol. The van der Waals surface area contributed by atoms with Crippen molar-refractivity contribution in [2.24, 2.45) is 11.7 Å². The number of hydrogen-bond donors (Lipinski definition) is 1. The molecule has 0 amide bonds.